The standard InChI is InChI=1S/C25H21BrFNO4S/c1-16-8-14-20(15-9-16)33(31)23-21(22(29)17-10-12-19(26)13-11-17)28-32-25(23,30)24(2,27)18-6-4-3-5-7-18/h3-15,23,30H,1-2H3/t23?,24-,25?,33-/m0/s1. The Labute approximate surface area is 202 Å². The van der Waals surface area contributed by atoms with E-state index < -0.39 is 33.7 Å². The van der Waals surface area contributed by atoms with Crippen molar-refractivity contribution in [3.63, 3.8) is 0 Å². The van der Waals surface area contributed by atoms with Gasteiger partial charge in [-0.3, -0.25) is 4.79 Å². The Morgan fingerprint density at radius 1 is 1.12 bits per heavy atom. The van der Waals surface area contributed by atoms with E-state index in [1.165, 1.54) is 12.1 Å². The van der Waals surface area contributed by atoms with Crippen LogP contribution in [0, 0.1) is 6.92 Å². The summed E-state index contributed by atoms with van der Waals surface area (Å²) in [4.78, 5) is 18.9. The van der Waals surface area contributed by atoms with Gasteiger partial charge in [0, 0.05) is 21.2 Å². The lowest BCUT2D eigenvalue weighted by Gasteiger charge is -2.37. The van der Waals surface area contributed by atoms with E-state index >= 15 is 4.39 Å². The van der Waals surface area contributed by atoms with Gasteiger partial charge in [0.15, 0.2) is 10.6 Å². The maximum absolute atomic E-state index is 16.3. The van der Waals surface area contributed by atoms with Crippen molar-refractivity contribution in [1.82, 2.24) is 0 Å². The van der Waals surface area contributed by atoms with Gasteiger partial charge in [-0.2, -0.15) is 0 Å². The Morgan fingerprint density at radius 2 is 1.73 bits per heavy atom. The Morgan fingerprint density at radius 3 is 2.33 bits per heavy atom. The number of alkyl halides is 1. The molecular formula is C25H21BrFNO4S. The van der Waals surface area contributed by atoms with E-state index in [0.29, 0.717) is 4.90 Å². The number of aliphatic hydroxyl groups is 1. The van der Waals surface area contributed by atoms with Gasteiger partial charge in [-0.05, 0) is 55.8 Å². The van der Waals surface area contributed by atoms with Crippen LogP contribution in [0.15, 0.2) is 93.4 Å². The largest absolute Gasteiger partial charge is 0.611 e. The lowest BCUT2D eigenvalue weighted by atomic mass is 9.84. The zero-order valence-electron chi connectivity index (χ0n) is 17.9. The molecule has 1 aliphatic rings. The van der Waals surface area contributed by atoms with Gasteiger partial charge in [-0.15, -0.1) is 0 Å². The Bertz CT molecular complexity index is 1190. The Kier molecular flexibility index (Phi) is 6.46. The maximum atomic E-state index is 16.3. The second kappa shape index (κ2) is 9.02. The quantitative estimate of drug-likeness (QED) is 0.356. The molecule has 4 rings (SSSR count). The number of Topliss-reactive ketones (excluding diaryl/α,β-unsaturated/α-hetero) is 1. The minimum Gasteiger partial charge on any atom is -0.611 e. The number of rotatable bonds is 6. The minimum atomic E-state index is -2.69. The highest BCUT2D eigenvalue weighted by molar-refractivity contribution is 9.10. The molecule has 0 bridgehead atoms. The lowest BCUT2D eigenvalue weighted by Crippen LogP contribution is -2.59. The Balaban J connectivity index is 1.81. The summed E-state index contributed by atoms with van der Waals surface area (Å²) in [5, 5.41) is 13.8. The van der Waals surface area contributed by atoms with Crippen molar-refractivity contribution < 1.29 is 23.7 Å². The molecule has 0 radical (unpaired) electrons. The van der Waals surface area contributed by atoms with Gasteiger partial charge in [0.2, 0.25) is 16.7 Å². The number of aryl methyl sites for hydroxylation is 1. The van der Waals surface area contributed by atoms with Gasteiger partial charge >= 0.3 is 5.79 Å². The number of oxime groups is 1. The van der Waals surface area contributed by atoms with E-state index in [-0.39, 0.29) is 16.8 Å². The first-order valence-electron chi connectivity index (χ1n) is 10.2. The normalized spacial score (nSPS) is 22.7. The first-order chi connectivity index (χ1) is 15.6. The van der Waals surface area contributed by atoms with Crippen molar-refractivity contribution in [3.05, 3.63) is 100 Å². The molecule has 170 valence electrons. The molecule has 0 saturated carbocycles. The number of nitrogens with zero attached hydrogens (tertiary/aromatic N) is 1. The molecule has 1 heterocycles. The van der Waals surface area contributed by atoms with Gasteiger partial charge in [0.05, 0.1) is 0 Å². The van der Waals surface area contributed by atoms with E-state index in [0.717, 1.165) is 17.0 Å². The van der Waals surface area contributed by atoms with Crippen LogP contribution in [0.5, 0.6) is 0 Å². The fourth-order valence-corrected chi connectivity index (χ4v) is 5.50. The molecule has 8 heteroatoms. The SMILES string of the molecule is Cc1ccc([S@+]([O-])C2C(C(=O)c3ccc(Br)cc3)=NOC2(O)[C@@](C)(F)c2ccccc2)cc1. The predicted molar refractivity (Wildman–Crippen MR) is 128 cm³/mol. The van der Waals surface area contributed by atoms with E-state index in [9.17, 15) is 14.5 Å². The van der Waals surface area contributed by atoms with Crippen molar-refractivity contribution in [1.29, 1.82) is 0 Å². The lowest BCUT2D eigenvalue weighted by molar-refractivity contribution is -0.260. The van der Waals surface area contributed by atoms with Crippen molar-refractivity contribution in [2.75, 3.05) is 0 Å². The molecule has 0 aromatic heterocycles. The van der Waals surface area contributed by atoms with Crippen LogP contribution < -0.4 is 0 Å². The van der Waals surface area contributed by atoms with Gasteiger partial charge in [-0.25, -0.2) is 4.39 Å². The first-order valence-corrected chi connectivity index (χ1v) is 12.2. The molecular weight excluding hydrogens is 509 g/mol. The number of hydrogen-bond acceptors (Lipinski definition) is 5. The predicted octanol–water partition coefficient (Wildman–Crippen LogP) is 5.08. The Hall–Kier alpha value is -2.52. The molecule has 0 aliphatic carbocycles. The molecule has 0 spiro atoms. The third-order valence-electron chi connectivity index (χ3n) is 5.68. The zero-order chi connectivity index (χ0) is 23.8. The van der Waals surface area contributed by atoms with E-state index in [1.807, 2.05) is 6.92 Å². The molecule has 0 amide bonds. The number of ketones is 1. The summed E-state index contributed by atoms with van der Waals surface area (Å²) in [5.41, 5.74) is -1.56. The summed E-state index contributed by atoms with van der Waals surface area (Å²) in [6.45, 7) is 3.00. The summed E-state index contributed by atoms with van der Waals surface area (Å²) in [6, 6.07) is 21.1. The molecule has 0 fully saturated rings. The van der Waals surface area contributed by atoms with Crippen LogP contribution in [-0.2, 0) is 21.7 Å². The van der Waals surface area contributed by atoms with E-state index in [2.05, 4.69) is 21.1 Å². The van der Waals surface area contributed by atoms with Crippen LogP contribution in [0.25, 0.3) is 0 Å². The van der Waals surface area contributed by atoms with Crippen LogP contribution in [0.2, 0.25) is 0 Å². The number of carbonyl (C=O) groups excluding carboxylic acids is 1. The molecule has 1 N–H and O–H groups in total. The topological polar surface area (TPSA) is 82.0 Å². The van der Waals surface area contributed by atoms with E-state index in [1.54, 1.807) is 66.7 Å². The molecule has 3 aromatic rings. The highest BCUT2D eigenvalue weighted by atomic mass is 79.9. The minimum absolute atomic E-state index is 0.103. The van der Waals surface area contributed by atoms with Crippen LogP contribution in [0.3, 0.4) is 0 Å². The van der Waals surface area contributed by atoms with Gasteiger partial charge in [-0.1, -0.05) is 69.1 Å². The zero-order valence-corrected chi connectivity index (χ0v) is 20.3. The number of carbonyl (C=O) groups is 1. The van der Waals surface area contributed by atoms with Crippen molar-refractivity contribution in [3.8, 4) is 0 Å². The smallest absolute Gasteiger partial charge is 0.327 e. The van der Waals surface area contributed by atoms with Crippen LogP contribution in [-0.4, -0.2) is 32.2 Å². The number of halogens is 2. The summed E-state index contributed by atoms with van der Waals surface area (Å²) in [5.74, 6) is -3.29. The summed E-state index contributed by atoms with van der Waals surface area (Å²) in [6.07, 6.45) is 0. The van der Waals surface area contributed by atoms with E-state index in [4.69, 9.17) is 4.84 Å². The van der Waals surface area contributed by atoms with Crippen molar-refractivity contribution in [2.45, 2.75) is 35.4 Å². The molecule has 3 aromatic carbocycles. The summed E-state index contributed by atoms with van der Waals surface area (Å²) < 4.78 is 30.8. The van der Waals surface area contributed by atoms with Crippen LogP contribution in [0.4, 0.5) is 4.39 Å². The molecule has 0 saturated heterocycles. The van der Waals surface area contributed by atoms with Crippen molar-refractivity contribution in [2.24, 2.45) is 5.16 Å². The first kappa shape index (κ1) is 23.6. The molecule has 4 atom stereocenters. The molecule has 33 heavy (non-hydrogen) atoms. The van der Waals surface area contributed by atoms with Gasteiger partial charge < -0.3 is 14.5 Å². The fraction of sp³-hybridized carbons (Fsp3) is 0.200. The molecule has 2 unspecified atom stereocenters. The number of benzene rings is 3. The highest BCUT2D eigenvalue weighted by Gasteiger charge is 2.68. The number of hydrogen-bond donors (Lipinski definition) is 1. The summed E-state index contributed by atoms with van der Waals surface area (Å²) >= 11 is 1.25. The molecule has 1 aliphatic heterocycles. The summed E-state index contributed by atoms with van der Waals surface area (Å²) in [7, 11) is 0. The van der Waals surface area contributed by atoms with Crippen LogP contribution >= 0.6 is 15.9 Å². The fourth-order valence-electron chi connectivity index (χ4n) is 3.65. The molecule has 5 nitrogen and oxygen atoms in total. The second-order valence-corrected chi connectivity index (χ2v) is 10.4. The monoisotopic (exact) mass is 529 g/mol. The maximum Gasteiger partial charge on any atom is 0.327 e. The van der Waals surface area contributed by atoms with Gasteiger partial charge in [0.25, 0.3) is 0 Å². The van der Waals surface area contributed by atoms with Crippen LogP contribution in [0.1, 0.15) is 28.4 Å². The second-order valence-electron chi connectivity index (χ2n) is 7.96. The van der Waals surface area contributed by atoms with Crippen molar-refractivity contribution >= 4 is 38.6 Å². The average Bonchev–Trinajstić information content (AvgIpc) is 3.18. The third kappa shape index (κ3) is 4.24. The highest BCUT2D eigenvalue weighted by Crippen LogP contribution is 2.47. The average molecular weight is 530 g/mol. The van der Waals surface area contributed by atoms with Gasteiger partial charge in [0.1, 0.15) is 0 Å². The third-order valence-corrected chi connectivity index (χ3v) is 7.92.